The molecule has 2 aliphatic rings. The van der Waals surface area contributed by atoms with E-state index in [4.69, 9.17) is 4.74 Å². The van der Waals surface area contributed by atoms with Crippen molar-refractivity contribution in [2.45, 2.75) is 63.4 Å². The van der Waals surface area contributed by atoms with Crippen molar-refractivity contribution < 1.29 is 22.7 Å². The lowest BCUT2D eigenvalue weighted by atomic mass is 9.94. The summed E-state index contributed by atoms with van der Waals surface area (Å²) < 4.78 is 33.3. The zero-order valence-electron chi connectivity index (χ0n) is 18.7. The molecule has 1 aromatic rings. The largest absolute Gasteiger partial charge is 0.495 e. The Morgan fingerprint density at radius 1 is 1.10 bits per heavy atom. The molecule has 0 spiro atoms. The smallest absolute Gasteiger partial charge is 0.253 e. The van der Waals surface area contributed by atoms with Gasteiger partial charge in [-0.1, -0.05) is 13.8 Å². The number of carbonyl (C=O) groups is 2. The minimum absolute atomic E-state index is 0.0234. The number of benzene rings is 1. The van der Waals surface area contributed by atoms with Crippen molar-refractivity contribution in [1.82, 2.24) is 14.9 Å². The highest BCUT2D eigenvalue weighted by molar-refractivity contribution is 7.89. The quantitative estimate of drug-likeness (QED) is 0.630. The topological polar surface area (TPSA) is 105 Å². The molecular formula is C22H33N3O5S. The second kappa shape index (κ2) is 9.56. The normalized spacial score (nSPS) is 18.7. The van der Waals surface area contributed by atoms with Crippen molar-refractivity contribution in [2.75, 3.05) is 20.2 Å². The number of nitrogens with zero attached hydrogens (tertiary/aromatic N) is 1. The van der Waals surface area contributed by atoms with Crippen LogP contribution in [0.15, 0.2) is 23.1 Å². The third-order valence-corrected chi connectivity index (χ3v) is 7.66. The van der Waals surface area contributed by atoms with E-state index >= 15 is 0 Å². The Labute approximate surface area is 184 Å². The van der Waals surface area contributed by atoms with Crippen LogP contribution in [0, 0.1) is 11.8 Å². The van der Waals surface area contributed by atoms with Gasteiger partial charge < -0.3 is 15.0 Å². The van der Waals surface area contributed by atoms with Crippen molar-refractivity contribution in [3.63, 3.8) is 0 Å². The maximum Gasteiger partial charge on any atom is 0.253 e. The molecule has 2 fully saturated rings. The summed E-state index contributed by atoms with van der Waals surface area (Å²) in [5.41, 5.74) is 0.299. The average molecular weight is 452 g/mol. The van der Waals surface area contributed by atoms with E-state index in [1.807, 2.05) is 6.92 Å². The van der Waals surface area contributed by atoms with Crippen molar-refractivity contribution in [2.24, 2.45) is 11.8 Å². The van der Waals surface area contributed by atoms with Crippen LogP contribution in [0.4, 0.5) is 0 Å². The van der Waals surface area contributed by atoms with Crippen LogP contribution in [0.25, 0.3) is 0 Å². The molecule has 1 atom stereocenters. The molecule has 172 valence electrons. The maximum absolute atomic E-state index is 13.0. The van der Waals surface area contributed by atoms with Gasteiger partial charge in [-0.3, -0.25) is 9.59 Å². The van der Waals surface area contributed by atoms with Crippen LogP contribution in [0.5, 0.6) is 5.75 Å². The summed E-state index contributed by atoms with van der Waals surface area (Å²) in [5.74, 6) is 0.261. The summed E-state index contributed by atoms with van der Waals surface area (Å²) in [6.07, 6.45) is 2.82. The van der Waals surface area contributed by atoms with E-state index in [-0.39, 0.29) is 40.5 Å². The summed E-state index contributed by atoms with van der Waals surface area (Å²) in [4.78, 5) is 27.2. The Morgan fingerprint density at radius 2 is 1.74 bits per heavy atom. The summed E-state index contributed by atoms with van der Waals surface area (Å²) in [7, 11) is -2.36. The molecule has 1 unspecified atom stereocenters. The Hall–Kier alpha value is -2.13. The zero-order valence-corrected chi connectivity index (χ0v) is 19.5. The highest BCUT2D eigenvalue weighted by Crippen LogP contribution is 2.29. The minimum atomic E-state index is -3.76. The van der Waals surface area contributed by atoms with Gasteiger partial charge in [0.1, 0.15) is 10.6 Å². The predicted molar refractivity (Wildman–Crippen MR) is 117 cm³/mol. The highest BCUT2D eigenvalue weighted by Gasteiger charge is 2.32. The number of nitrogens with one attached hydrogen (secondary N) is 2. The number of hydrogen-bond donors (Lipinski definition) is 2. The van der Waals surface area contributed by atoms with Crippen LogP contribution in [0.1, 0.15) is 56.8 Å². The molecule has 1 aliphatic carbocycles. The molecule has 0 aromatic heterocycles. The van der Waals surface area contributed by atoms with E-state index in [2.05, 4.69) is 23.9 Å². The molecular weight excluding hydrogens is 418 g/mol. The Bertz CT molecular complexity index is 919. The van der Waals surface area contributed by atoms with E-state index in [1.165, 1.54) is 19.2 Å². The maximum atomic E-state index is 13.0. The van der Waals surface area contributed by atoms with Crippen LogP contribution in [0.2, 0.25) is 0 Å². The number of ether oxygens (including phenoxy) is 1. The average Bonchev–Trinajstić information content (AvgIpc) is 3.56. The van der Waals surface area contributed by atoms with Crippen LogP contribution in [-0.4, -0.2) is 57.4 Å². The van der Waals surface area contributed by atoms with Gasteiger partial charge in [0, 0.05) is 36.7 Å². The molecule has 0 bridgehead atoms. The number of hydrogen-bond acceptors (Lipinski definition) is 5. The number of piperidine rings is 1. The Balaban J connectivity index is 1.67. The van der Waals surface area contributed by atoms with Crippen molar-refractivity contribution in [1.29, 1.82) is 0 Å². The zero-order chi connectivity index (χ0) is 22.8. The van der Waals surface area contributed by atoms with Gasteiger partial charge in [0.25, 0.3) is 5.91 Å². The van der Waals surface area contributed by atoms with E-state index in [9.17, 15) is 18.0 Å². The third-order valence-electron chi connectivity index (χ3n) is 6.12. The predicted octanol–water partition coefficient (Wildman–Crippen LogP) is 2.15. The van der Waals surface area contributed by atoms with Crippen molar-refractivity contribution in [3.8, 4) is 5.75 Å². The first-order valence-electron chi connectivity index (χ1n) is 10.9. The standard InChI is InChI=1S/C22H33N3O5S/c1-14(2)15(3)23-21(26)16-9-11-25(12-10-16)22(27)17-5-8-19(30-4)20(13-17)31(28,29)24-18-6-7-18/h5,8,13-16,18,24H,6-7,9-12H2,1-4H3,(H,23,26). The number of carbonyl (C=O) groups excluding carboxylic acids is 2. The van der Waals surface area contributed by atoms with Crippen LogP contribution in [-0.2, 0) is 14.8 Å². The molecule has 9 heteroatoms. The lowest BCUT2D eigenvalue weighted by Crippen LogP contribution is -2.45. The van der Waals surface area contributed by atoms with E-state index in [1.54, 1.807) is 11.0 Å². The van der Waals surface area contributed by atoms with Gasteiger partial charge in [0.15, 0.2) is 0 Å². The van der Waals surface area contributed by atoms with Crippen LogP contribution < -0.4 is 14.8 Å². The van der Waals surface area contributed by atoms with Crippen LogP contribution >= 0.6 is 0 Å². The van der Waals surface area contributed by atoms with Gasteiger partial charge in [-0.25, -0.2) is 13.1 Å². The highest BCUT2D eigenvalue weighted by atomic mass is 32.2. The first-order chi connectivity index (χ1) is 14.6. The first kappa shape index (κ1) is 23.5. The lowest BCUT2D eigenvalue weighted by molar-refractivity contribution is -0.127. The molecule has 1 aliphatic heterocycles. The van der Waals surface area contributed by atoms with Gasteiger partial charge in [-0.15, -0.1) is 0 Å². The third kappa shape index (κ3) is 5.77. The van der Waals surface area contributed by atoms with Gasteiger partial charge in [-0.2, -0.15) is 0 Å². The molecule has 0 radical (unpaired) electrons. The summed E-state index contributed by atoms with van der Waals surface area (Å²) >= 11 is 0. The molecule has 1 saturated carbocycles. The monoisotopic (exact) mass is 451 g/mol. The number of sulfonamides is 1. The number of methoxy groups -OCH3 is 1. The molecule has 3 rings (SSSR count). The van der Waals surface area contributed by atoms with Gasteiger partial charge >= 0.3 is 0 Å². The van der Waals surface area contributed by atoms with E-state index in [0.29, 0.717) is 37.4 Å². The summed E-state index contributed by atoms with van der Waals surface area (Å²) in [6, 6.07) is 4.55. The summed E-state index contributed by atoms with van der Waals surface area (Å²) in [5, 5.41) is 3.05. The fourth-order valence-electron chi connectivity index (χ4n) is 3.54. The van der Waals surface area contributed by atoms with Gasteiger partial charge in [0.2, 0.25) is 15.9 Å². The molecule has 31 heavy (non-hydrogen) atoms. The van der Waals surface area contributed by atoms with Crippen LogP contribution in [0.3, 0.4) is 0 Å². The summed E-state index contributed by atoms with van der Waals surface area (Å²) in [6.45, 7) is 7.04. The molecule has 1 saturated heterocycles. The molecule has 2 N–H and O–H groups in total. The number of rotatable bonds is 8. The Kier molecular flexibility index (Phi) is 7.26. The fraction of sp³-hybridized carbons (Fsp3) is 0.636. The molecule has 8 nitrogen and oxygen atoms in total. The molecule has 1 heterocycles. The Morgan fingerprint density at radius 3 is 2.29 bits per heavy atom. The van der Waals surface area contributed by atoms with E-state index in [0.717, 1.165) is 12.8 Å². The minimum Gasteiger partial charge on any atom is -0.495 e. The van der Waals surface area contributed by atoms with Gasteiger partial charge in [-0.05, 0) is 56.7 Å². The first-order valence-corrected chi connectivity index (χ1v) is 12.4. The second-order valence-electron chi connectivity index (χ2n) is 8.87. The van der Waals surface area contributed by atoms with Crippen molar-refractivity contribution >= 4 is 21.8 Å². The number of amides is 2. The lowest BCUT2D eigenvalue weighted by Gasteiger charge is -2.32. The molecule has 1 aromatic carbocycles. The van der Waals surface area contributed by atoms with E-state index < -0.39 is 10.0 Å². The fourth-order valence-corrected chi connectivity index (χ4v) is 5.04. The SMILES string of the molecule is COc1ccc(C(=O)N2CCC(C(=O)NC(C)C(C)C)CC2)cc1S(=O)(=O)NC1CC1. The van der Waals surface area contributed by atoms with Gasteiger partial charge in [0.05, 0.1) is 7.11 Å². The number of likely N-dealkylation sites (tertiary alicyclic amines) is 1. The van der Waals surface area contributed by atoms with Crippen molar-refractivity contribution in [3.05, 3.63) is 23.8 Å². The second-order valence-corrected chi connectivity index (χ2v) is 10.6. The molecule has 2 amide bonds.